The predicted octanol–water partition coefficient (Wildman–Crippen LogP) is 4.42. The van der Waals surface area contributed by atoms with Crippen LogP contribution in [-0.2, 0) is 5.41 Å². The van der Waals surface area contributed by atoms with Crippen molar-refractivity contribution in [3.05, 3.63) is 34.9 Å². The third kappa shape index (κ3) is 2.37. The van der Waals surface area contributed by atoms with E-state index in [9.17, 15) is 0 Å². The van der Waals surface area contributed by atoms with Gasteiger partial charge < -0.3 is 0 Å². The summed E-state index contributed by atoms with van der Waals surface area (Å²) in [6.45, 7) is 13.5. The molecule has 0 nitrogen and oxygen atoms in total. The second kappa shape index (κ2) is 3.76. The molecule has 0 atom stereocenters. The molecule has 0 unspecified atom stereocenters. The Morgan fingerprint density at radius 2 is 1.64 bits per heavy atom. The fourth-order valence-electron chi connectivity index (χ4n) is 1.89. The lowest BCUT2D eigenvalue weighted by atomic mass is 9.83. The summed E-state index contributed by atoms with van der Waals surface area (Å²) < 4.78 is 0. The van der Waals surface area contributed by atoms with Crippen LogP contribution in [0.25, 0.3) is 0 Å². The van der Waals surface area contributed by atoms with E-state index >= 15 is 0 Å². The summed E-state index contributed by atoms with van der Waals surface area (Å²) in [6.07, 6.45) is 0. The van der Waals surface area contributed by atoms with Crippen LogP contribution in [-0.4, -0.2) is 0 Å². The summed E-state index contributed by atoms with van der Waals surface area (Å²) in [4.78, 5) is 0. The molecule has 0 radical (unpaired) electrons. The molecule has 1 rings (SSSR count). The van der Waals surface area contributed by atoms with Gasteiger partial charge >= 0.3 is 0 Å². The number of hydrogen-bond donors (Lipinski definition) is 0. The molecule has 0 N–H and O–H groups in total. The molecule has 0 aliphatic rings. The zero-order valence-electron chi connectivity index (χ0n) is 10.3. The molecule has 78 valence electrons. The highest BCUT2D eigenvalue weighted by atomic mass is 14.2. The van der Waals surface area contributed by atoms with E-state index in [1.54, 1.807) is 0 Å². The van der Waals surface area contributed by atoms with Crippen LogP contribution in [0.5, 0.6) is 0 Å². The van der Waals surface area contributed by atoms with E-state index in [-0.39, 0.29) is 5.41 Å². The summed E-state index contributed by atoms with van der Waals surface area (Å²) in [5.74, 6) is 0.628. The van der Waals surface area contributed by atoms with Crippen LogP contribution in [0.1, 0.15) is 57.2 Å². The normalized spacial score (nSPS) is 12.2. The Bertz CT molecular complexity index is 313. The molecule has 0 amide bonds. The zero-order valence-corrected chi connectivity index (χ0v) is 10.3. The quantitative estimate of drug-likeness (QED) is 0.615. The lowest BCUT2D eigenvalue weighted by Crippen LogP contribution is -2.13. The van der Waals surface area contributed by atoms with Crippen molar-refractivity contribution in [1.29, 1.82) is 0 Å². The van der Waals surface area contributed by atoms with Crippen molar-refractivity contribution in [3.8, 4) is 0 Å². The first-order valence-corrected chi connectivity index (χ1v) is 5.43. The Balaban J connectivity index is 3.15. The van der Waals surface area contributed by atoms with Crippen LogP contribution in [0, 0.1) is 6.92 Å². The van der Waals surface area contributed by atoms with Crippen LogP contribution in [0.15, 0.2) is 18.2 Å². The number of rotatable bonds is 1. The van der Waals surface area contributed by atoms with E-state index in [2.05, 4.69) is 59.7 Å². The van der Waals surface area contributed by atoms with Gasteiger partial charge in [-0.1, -0.05) is 52.8 Å². The topological polar surface area (TPSA) is 0 Å². The Kier molecular flexibility index (Phi) is 3.04. The number of benzene rings is 1. The van der Waals surface area contributed by atoms with Crippen molar-refractivity contribution in [2.24, 2.45) is 0 Å². The van der Waals surface area contributed by atoms with Gasteiger partial charge in [0, 0.05) is 0 Å². The van der Waals surface area contributed by atoms with Crippen LogP contribution < -0.4 is 0 Å². The first kappa shape index (κ1) is 11.3. The van der Waals surface area contributed by atoms with Crippen LogP contribution in [0.3, 0.4) is 0 Å². The largest absolute Gasteiger partial charge is 0.0587 e. The van der Waals surface area contributed by atoms with Crippen LogP contribution in [0.2, 0.25) is 0 Å². The SMILES string of the molecule is Cc1cc(C(C)C)ccc1C(C)(C)C. The Labute approximate surface area is 88.4 Å². The van der Waals surface area contributed by atoms with E-state index in [1.165, 1.54) is 16.7 Å². The van der Waals surface area contributed by atoms with Gasteiger partial charge in [0.25, 0.3) is 0 Å². The minimum atomic E-state index is 0.263. The Morgan fingerprint density at radius 1 is 1.07 bits per heavy atom. The molecule has 0 aliphatic heterocycles. The minimum absolute atomic E-state index is 0.263. The van der Waals surface area contributed by atoms with Crippen molar-refractivity contribution in [3.63, 3.8) is 0 Å². The molecule has 0 saturated carbocycles. The average molecular weight is 190 g/mol. The third-order valence-electron chi connectivity index (χ3n) is 2.73. The summed E-state index contributed by atoms with van der Waals surface area (Å²) in [7, 11) is 0. The van der Waals surface area contributed by atoms with E-state index in [4.69, 9.17) is 0 Å². The molecular weight excluding hydrogens is 168 g/mol. The highest BCUT2D eigenvalue weighted by Gasteiger charge is 2.16. The molecular formula is C14H22. The van der Waals surface area contributed by atoms with Crippen molar-refractivity contribution in [1.82, 2.24) is 0 Å². The molecule has 0 heterocycles. The van der Waals surface area contributed by atoms with E-state index in [0.717, 1.165) is 0 Å². The van der Waals surface area contributed by atoms with Gasteiger partial charge in [-0.05, 0) is 34.9 Å². The van der Waals surface area contributed by atoms with Gasteiger partial charge in [0.1, 0.15) is 0 Å². The molecule has 0 spiro atoms. The second-order valence-corrected chi connectivity index (χ2v) is 5.48. The molecule has 0 aromatic heterocycles. The summed E-state index contributed by atoms with van der Waals surface area (Å²) in [5, 5.41) is 0. The van der Waals surface area contributed by atoms with E-state index < -0.39 is 0 Å². The van der Waals surface area contributed by atoms with Gasteiger partial charge in [0.15, 0.2) is 0 Å². The standard InChI is InChI=1S/C14H22/c1-10(2)12-7-8-13(11(3)9-12)14(4,5)6/h7-10H,1-6H3. The average Bonchev–Trinajstić information content (AvgIpc) is 2.01. The lowest BCUT2D eigenvalue weighted by Gasteiger charge is -2.22. The summed E-state index contributed by atoms with van der Waals surface area (Å²) in [5.41, 5.74) is 4.58. The fraction of sp³-hybridized carbons (Fsp3) is 0.571. The van der Waals surface area contributed by atoms with Gasteiger partial charge in [-0.2, -0.15) is 0 Å². The maximum atomic E-state index is 2.32. The molecule has 0 aliphatic carbocycles. The maximum Gasteiger partial charge on any atom is -0.0129 e. The highest BCUT2D eigenvalue weighted by molar-refractivity contribution is 5.36. The number of hydrogen-bond acceptors (Lipinski definition) is 0. The molecule has 0 fully saturated rings. The van der Waals surface area contributed by atoms with Crippen molar-refractivity contribution >= 4 is 0 Å². The summed E-state index contributed by atoms with van der Waals surface area (Å²) >= 11 is 0. The maximum absolute atomic E-state index is 2.32. The molecule has 0 saturated heterocycles. The first-order valence-electron chi connectivity index (χ1n) is 5.43. The van der Waals surface area contributed by atoms with Crippen LogP contribution >= 0.6 is 0 Å². The van der Waals surface area contributed by atoms with Crippen molar-refractivity contribution < 1.29 is 0 Å². The molecule has 1 aromatic rings. The van der Waals surface area contributed by atoms with Crippen molar-refractivity contribution in [2.45, 2.75) is 52.9 Å². The Morgan fingerprint density at radius 3 is 2.00 bits per heavy atom. The highest BCUT2D eigenvalue weighted by Crippen LogP contribution is 2.27. The van der Waals surface area contributed by atoms with Gasteiger partial charge in [-0.25, -0.2) is 0 Å². The van der Waals surface area contributed by atoms with E-state index in [1.807, 2.05) is 0 Å². The molecule has 1 aromatic carbocycles. The predicted molar refractivity (Wildman–Crippen MR) is 64.0 cm³/mol. The Hall–Kier alpha value is -0.780. The van der Waals surface area contributed by atoms with Crippen molar-refractivity contribution in [2.75, 3.05) is 0 Å². The van der Waals surface area contributed by atoms with Crippen LogP contribution in [0.4, 0.5) is 0 Å². The van der Waals surface area contributed by atoms with E-state index in [0.29, 0.717) is 5.92 Å². The summed E-state index contributed by atoms with van der Waals surface area (Å²) in [6, 6.07) is 6.87. The van der Waals surface area contributed by atoms with Gasteiger partial charge in [0.2, 0.25) is 0 Å². The van der Waals surface area contributed by atoms with Gasteiger partial charge in [-0.15, -0.1) is 0 Å². The molecule has 14 heavy (non-hydrogen) atoms. The monoisotopic (exact) mass is 190 g/mol. The minimum Gasteiger partial charge on any atom is -0.0587 e. The molecule has 0 bridgehead atoms. The molecule has 0 heteroatoms. The zero-order chi connectivity index (χ0) is 10.9. The second-order valence-electron chi connectivity index (χ2n) is 5.48. The lowest BCUT2D eigenvalue weighted by molar-refractivity contribution is 0.585. The first-order chi connectivity index (χ1) is 6.32. The third-order valence-corrected chi connectivity index (χ3v) is 2.73. The smallest absolute Gasteiger partial charge is 0.0129 e. The fourth-order valence-corrected chi connectivity index (χ4v) is 1.89. The van der Waals surface area contributed by atoms with Gasteiger partial charge in [0.05, 0.1) is 0 Å². The van der Waals surface area contributed by atoms with Gasteiger partial charge in [-0.3, -0.25) is 0 Å². The number of aryl methyl sites for hydroxylation is 1.